The van der Waals surface area contributed by atoms with Crippen LogP contribution < -0.4 is 5.32 Å². The molecule has 1 amide bonds. The molecule has 3 nitrogen and oxygen atoms in total. The number of rotatable bonds is 5. The second-order valence-electron chi connectivity index (χ2n) is 6.15. The molecule has 24 heavy (non-hydrogen) atoms. The Kier molecular flexibility index (Phi) is 5.76. The Morgan fingerprint density at radius 3 is 2.46 bits per heavy atom. The lowest BCUT2D eigenvalue weighted by molar-refractivity contribution is 0.102. The zero-order chi connectivity index (χ0) is 17.7. The monoisotopic (exact) mass is 320 g/mol. The molecule has 0 saturated carbocycles. The largest absolute Gasteiger partial charge is 0.321 e. The Balaban J connectivity index is 2.32. The Hall–Kier alpha value is -2.60. The maximum Gasteiger partial charge on any atom is 0.255 e. The van der Waals surface area contributed by atoms with Crippen molar-refractivity contribution in [1.29, 1.82) is 5.26 Å². The number of hydrogen-bond donors (Lipinski definition) is 1. The molecule has 0 spiro atoms. The van der Waals surface area contributed by atoms with Gasteiger partial charge in [0.1, 0.15) is 0 Å². The number of nitriles is 1. The normalized spacial score (nSPS) is 10.3. The molecule has 0 fully saturated rings. The summed E-state index contributed by atoms with van der Waals surface area (Å²) in [5.41, 5.74) is 6.47. The standard InChI is InChI=1S/C21H24N2O/c1-5-7-16-10-15(4)20(17(6-2)12-16)23-21(24)18-8-9-19(13-22)14(3)11-18/h8-12H,5-7H2,1-4H3,(H,23,24). The molecule has 3 heteroatoms. The molecule has 0 aromatic heterocycles. The molecule has 0 atom stereocenters. The van der Waals surface area contributed by atoms with Crippen LogP contribution in [0.25, 0.3) is 0 Å². The Labute approximate surface area is 144 Å². The Bertz CT molecular complexity index is 800. The molecule has 0 heterocycles. The summed E-state index contributed by atoms with van der Waals surface area (Å²) >= 11 is 0. The average molecular weight is 320 g/mol. The van der Waals surface area contributed by atoms with Crippen molar-refractivity contribution in [2.45, 2.75) is 47.0 Å². The van der Waals surface area contributed by atoms with E-state index in [1.165, 1.54) is 5.56 Å². The second kappa shape index (κ2) is 7.79. The topological polar surface area (TPSA) is 52.9 Å². The SMILES string of the molecule is CCCc1cc(C)c(NC(=O)c2ccc(C#N)c(C)c2)c(CC)c1. The molecule has 124 valence electrons. The summed E-state index contributed by atoms with van der Waals surface area (Å²) in [6.07, 6.45) is 3.04. The quantitative estimate of drug-likeness (QED) is 0.848. The summed E-state index contributed by atoms with van der Waals surface area (Å²) in [6.45, 7) is 8.16. The van der Waals surface area contributed by atoms with Gasteiger partial charge in [-0.05, 0) is 67.1 Å². The Morgan fingerprint density at radius 1 is 1.12 bits per heavy atom. The van der Waals surface area contributed by atoms with Crippen LogP contribution in [0.5, 0.6) is 0 Å². The van der Waals surface area contributed by atoms with E-state index in [1.807, 2.05) is 13.8 Å². The maximum absolute atomic E-state index is 12.6. The van der Waals surface area contributed by atoms with E-state index in [0.29, 0.717) is 11.1 Å². The van der Waals surface area contributed by atoms with E-state index in [-0.39, 0.29) is 5.91 Å². The van der Waals surface area contributed by atoms with Gasteiger partial charge in [0.15, 0.2) is 0 Å². The fraction of sp³-hybridized carbons (Fsp3) is 0.333. The number of nitrogens with one attached hydrogen (secondary N) is 1. The van der Waals surface area contributed by atoms with Gasteiger partial charge in [-0.2, -0.15) is 5.26 Å². The third-order valence-electron chi connectivity index (χ3n) is 4.24. The summed E-state index contributed by atoms with van der Waals surface area (Å²) in [5.74, 6) is -0.136. The third kappa shape index (κ3) is 3.83. The van der Waals surface area contributed by atoms with Gasteiger partial charge in [-0.1, -0.05) is 32.4 Å². The van der Waals surface area contributed by atoms with Gasteiger partial charge in [0.25, 0.3) is 5.91 Å². The van der Waals surface area contributed by atoms with Crippen LogP contribution in [0.4, 0.5) is 5.69 Å². The molecule has 0 radical (unpaired) electrons. The van der Waals surface area contributed by atoms with Crippen molar-refractivity contribution in [2.24, 2.45) is 0 Å². The first kappa shape index (κ1) is 17.7. The van der Waals surface area contributed by atoms with Crippen molar-refractivity contribution in [3.63, 3.8) is 0 Å². The van der Waals surface area contributed by atoms with Crippen LogP contribution in [0.3, 0.4) is 0 Å². The van der Waals surface area contributed by atoms with Crippen molar-refractivity contribution >= 4 is 11.6 Å². The van der Waals surface area contributed by atoms with Crippen molar-refractivity contribution in [1.82, 2.24) is 0 Å². The zero-order valence-corrected chi connectivity index (χ0v) is 14.9. The van der Waals surface area contributed by atoms with Gasteiger partial charge in [-0.15, -0.1) is 0 Å². The molecule has 2 rings (SSSR count). The number of anilines is 1. The lowest BCUT2D eigenvalue weighted by Gasteiger charge is -2.15. The number of hydrogen-bond acceptors (Lipinski definition) is 2. The van der Waals surface area contributed by atoms with Gasteiger partial charge in [-0.25, -0.2) is 0 Å². The summed E-state index contributed by atoms with van der Waals surface area (Å²) in [5, 5.41) is 12.1. The minimum Gasteiger partial charge on any atom is -0.321 e. The van der Waals surface area contributed by atoms with E-state index in [2.05, 4.69) is 37.4 Å². The van der Waals surface area contributed by atoms with Gasteiger partial charge >= 0.3 is 0 Å². The fourth-order valence-corrected chi connectivity index (χ4v) is 2.95. The van der Waals surface area contributed by atoms with E-state index in [4.69, 9.17) is 5.26 Å². The highest BCUT2D eigenvalue weighted by molar-refractivity contribution is 6.05. The molecule has 0 unspecified atom stereocenters. The zero-order valence-electron chi connectivity index (χ0n) is 14.9. The number of carbonyl (C=O) groups excluding carboxylic acids is 1. The van der Waals surface area contributed by atoms with Crippen LogP contribution in [-0.2, 0) is 12.8 Å². The van der Waals surface area contributed by atoms with Gasteiger partial charge in [0, 0.05) is 11.3 Å². The molecular formula is C21H24N2O. The van der Waals surface area contributed by atoms with Gasteiger partial charge in [0.2, 0.25) is 0 Å². The van der Waals surface area contributed by atoms with Crippen LogP contribution >= 0.6 is 0 Å². The molecule has 2 aromatic carbocycles. The minimum absolute atomic E-state index is 0.136. The molecule has 1 N–H and O–H groups in total. The van der Waals surface area contributed by atoms with E-state index in [9.17, 15) is 4.79 Å². The highest BCUT2D eigenvalue weighted by atomic mass is 16.1. The van der Waals surface area contributed by atoms with E-state index >= 15 is 0 Å². The van der Waals surface area contributed by atoms with E-state index in [0.717, 1.165) is 41.6 Å². The fourth-order valence-electron chi connectivity index (χ4n) is 2.95. The van der Waals surface area contributed by atoms with Gasteiger partial charge in [0.05, 0.1) is 11.6 Å². The first-order valence-corrected chi connectivity index (χ1v) is 8.44. The smallest absolute Gasteiger partial charge is 0.255 e. The van der Waals surface area contributed by atoms with E-state index < -0.39 is 0 Å². The third-order valence-corrected chi connectivity index (χ3v) is 4.24. The summed E-state index contributed by atoms with van der Waals surface area (Å²) in [7, 11) is 0. The first-order valence-electron chi connectivity index (χ1n) is 8.44. The second-order valence-corrected chi connectivity index (χ2v) is 6.15. The molecule has 0 aliphatic rings. The molecular weight excluding hydrogens is 296 g/mol. The van der Waals surface area contributed by atoms with Crippen LogP contribution in [0.15, 0.2) is 30.3 Å². The number of amides is 1. The molecule has 0 aliphatic carbocycles. The lowest BCUT2D eigenvalue weighted by Crippen LogP contribution is -2.15. The van der Waals surface area contributed by atoms with Gasteiger partial charge < -0.3 is 5.32 Å². The molecule has 0 saturated heterocycles. The van der Waals surface area contributed by atoms with Crippen molar-refractivity contribution in [3.05, 3.63) is 63.7 Å². The highest BCUT2D eigenvalue weighted by Crippen LogP contribution is 2.25. The Morgan fingerprint density at radius 2 is 1.88 bits per heavy atom. The van der Waals surface area contributed by atoms with Crippen LogP contribution in [0.2, 0.25) is 0 Å². The number of carbonyl (C=O) groups is 1. The van der Waals surface area contributed by atoms with Crippen LogP contribution in [0.1, 0.15) is 58.4 Å². The van der Waals surface area contributed by atoms with Gasteiger partial charge in [-0.3, -0.25) is 4.79 Å². The number of benzene rings is 2. The minimum atomic E-state index is -0.136. The predicted octanol–water partition coefficient (Wildman–Crippen LogP) is 4.94. The number of nitrogens with zero attached hydrogens (tertiary/aromatic N) is 1. The molecule has 0 bridgehead atoms. The van der Waals surface area contributed by atoms with Crippen LogP contribution in [0, 0.1) is 25.2 Å². The van der Waals surface area contributed by atoms with Crippen molar-refractivity contribution < 1.29 is 4.79 Å². The maximum atomic E-state index is 12.6. The molecule has 2 aromatic rings. The lowest BCUT2D eigenvalue weighted by atomic mass is 9.98. The summed E-state index contributed by atoms with van der Waals surface area (Å²) in [6, 6.07) is 11.6. The van der Waals surface area contributed by atoms with Crippen LogP contribution in [-0.4, -0.2) is 5.91 Å². The molecule has 0 aliphatic heterocycles. The highest BCUT2D eigenvalue weighted by Gasteiger charge is 2.13. The van der Waals surface area contributed by atoms with E-state index in [1.54, 1.807) is 18.2 Å². The average Bonchev–Trinajstić information content (AvgIpc) is 2.57. The summed E-state index contributed by atoms with van der Waals surface area (Å²) < 4.78 is 0. The predicted molar refractivity (Wildman–Crippen MR) is 98.4 cm³/mol. The number of aryl methyl sites for hydroxylation is 4. The van der Waals surface area contributed by atoms with Crippen molar-refractivity contribution in [3.8, 4) is 6.07 Å². The first-order chi connectivity index (χ1) is 11.5. The summed E-state index contributed by atoms with van der Waals surface area (Å²) in [4.78, 5) is 12.6. The van der Waals surface area contributed by atoms with Crippen molar-refractivity contribution in [2.75, 3.05) is 5.32 Å².